The van der Waals surface area contributed by atoms with E-state index >= 15 is 0 Å². The van der Waals surface area contributed by atoms with Gasteiger partial charge in [-0.25, -0.2) is 0 Å². The molecular formula is C25H29NO6. The third-order valence-corrected chi connectivity index (χ3v) is 5.25. The van der Waals surface area contributed by atoms with Gasteiger partial charge in [-0.15, -0.1) is 0 Å². The summed E-state index contributed by atoms with van der Waals surface area (Å²) in [5, 5.41) is 11.4. The third-order valence-electron chi connectivity index (χ3n) is 5.25. The van der Waals surface area contributed by atoms with E-state index in [4.69, 9.17) is 14.2 Å². The second kappa shape index (κ2) is 9.77. The van der Waals surface area contributed by atoms with Gasteiger partial charge in [0.15, 0.2) is 0 Å². The fraction of sp³-hybridized carbons (Fsp3) is 0.360. The Hall–Kier alpha value is -3.48. The monoisotopic (exact) mass is 439 g/mol. The zero-order chi connectivity index (χ0) is 23.4. The number of ether oxygens (including phenoxy) is 3. The van der Waals surface area contributed by atoms with Gasteiger partial charge in [-0.3, -0.25) is 9.59 Å². The first-order valence-corrected chi connectivity index (χ1v) is 10.6. The van der Waals surface area contributed by atoms with Crippen LogP contribution in [0, 0.1) is 0 Å². The lowest BCUT2D eigenvalue weighted by Crippen LogP contribution is -2.30. The maximum Gasteiger partial charge on any atom is 0.295 e. The Kier molecular flexibility index (Phi) is 7.08. The van der Waals surface area contributed by atoms with Crippen molar-refractivity contribution in [3.8, 4) is 17.2 Å². The molecule has 170 valence electrons. The summed E-state index contributed by atoms with van der Waals surface area (Å²) < 4.78 is 16.8. The summed E-state index contributed by atoms with van der Waals surface area (Å²) in [6.45, 7) is 6.08. The molecule has 1 aliphatic rings. The molecule has 0 aliphatic carbocycles. The van der Waals surface area contributed by atoms with E-state index in [0.717, 1.165) is 0 Å². The number of aliphatic hydroxyl groups excluding tert-OH is 1. The van der Waals surface area contributed by atoms with Crippen LogP contribution in [-0.2, 0) is 9.59 Å². The zero-order valence-corrected chi connectivity index (χ0v) is 19.0. The summed E-state index contributed by atoms with van der Waals surface area (Å²) in [6.07, 6.45) is 0.535. The van der Waals surface area contributed by atoms with E-state index in [0.29, 0.717) is 35.8 Å². The number of carbonyl (C=O) groups is 2. The first-order chi connectivity index (χ1) is 15.3. The summed E-state index contributed by atoms with van der Waals surface area (Å²) in [7, 11) is 2.93. The first kappa shape index (κ1) is 23.2. The smallest absolute Gasteiger partial charge is 0.295 e. The number of likely N-dealkylation sites (tertiary alicyclic amines) is 1. The van der Waals surface area contributed by atoms with E-state index in [9.17, 15) is 14.7 Å². The minimum atomic E-state index is -0.806. The lowest BCUT2D eigenvalue weighted by molar-refractivity contribution is -0.139. The molecule has 0 spiro atoms. The van der Waals surface area contributed by atoms with E-state index in [1.165, 1.54) is 19.1 Å². The lowest BCUT2D eigenvalue weighted by Gasteiger charge is -2.27. The number of amides is 1. The predicted octanol–water partition coefficient (Wildman–Crippen LogP) is 4.32. The number of carbonyl (C=O) groups excluding carboxylic acids is 2. The molecule has 1 fully saturated rings. The van der Waals surface area contributed by atoms with Gasteiger partial charge in [0.05, 0.1) is 31.9 Å². The van der Waals surface area contributed by atoms with Crippen molar-refractivity contribution in [3.63, 3.8) is 0 Å². The van der Waals surface area contributed by atoms with E-state index in [1.807, 2.05) is 39.0 Å². The van der Waals surface area contributed by atoms with Gasteiger partial charge in [0.1, 0.15) is 28.6 Å². The number of methoxy groups -OCH3 is 2. The Morgan fingerprint density at radius 3 is 2.16 bits per heavy atom. The molecule has 0 aromatic heterocycles. The molecule has 1 aliphatic heterocycles. The average Bonchev–Trinajstić information content (AvgIpc) is 3.03. The Balaban J connectivity index is 2.31. The van der Waals surface area contributed by atoms with E-state index < -0.39 is 17.7 Å². The van der Waals surface area contributed by atoms with Gasteiger partial charge in [-0.05, 0) is 38.5 Å². The minimum Gasteiger partial charge on any atom is -0.506 e. The highest BCUT2D eigenvalue weighted by Crippen LogP contribution is 2.45. The molecule has 0 radical (unpaired) electrons. The van der Waals surface area contributed by atoms with Gasteiger partial charge in [0, 0.05) is 12.1 Å². The number of aliphatic hydroxyl groups is 1. The van der Waals surface area contributed by atoms with Crippen molar-refractivity contribution in [2.45, 2.75) is 39.3 Å². The summed E-state index contributed by atoms with van der Waals surface area (Å²) in [5.41, 5.74) is 0.828. The van der Waals surface area contributed by atoms with Gasteiger partial charge in [-0.1, -0.05) is 31.2 Å². The molecular weight excluding hydrogens is 410 g/mol. The van der Waals surface area contributed by atoms with Crippen LogP contribution in [0.4, 0.5) is 0 Å². The summed E-state index contributed by atoms with van der Waals surface area (Å²) in [6, 6.07) is 11.5. The molecule has 0 bridgehead atoms. The Morgan fingerprint density at radius 1 is 1.00 bits per heavy atom. The van der Waals surface area contributed by atoms with Crippen LogP contribution in [0.25, 0.3) is 5.76 Å². The fourth-order valence-electron chi connectivity index (χ4n) is 3.96. The lowest BCUT2D eigenvalue weighted by atomic mass is 9.94. The summed E-state index contributed by atoms with van der Waals surface area (Å²) >= 11 is 0. The summed E-state index contributed by atoms with van der Waals surface area (Å²) in [4.78, 5) is 27.7. The molecule has 1 heterocycles. The van der Waals surface area contributed by atoms with Gasteiger partial charge >= 0.3 is 0 Å². The van der Waals surface area contributed by atoms with Gasteiger partial charge in [0.2, 0.25) is 0 Å². The van der Waals surface area contributed by atoms with Crippen molar-refractivity contribution in [1.82, 2.24) is 4.90 Å². The van der Waals surface area contributed by atoms with Crippen molar-refractivity contribution in [2.24, 2.45) is 0 Å². The molecule has 1 atom stereocenters. The topological polar surface area (TPSA) is 85.3 Å². The molecule has 2 aromatic carbocycles. The maximum absolute atomic E-state index is 13.2. The molecule has 1 amide bonds. The zero-order valence-electron chi connectivity index (χ0n) is 19.0. The number of Topliss-reactive ketones (excluding diaryl/α,β-unsaturated/α-hetero) is 1. The van der Waals surface area contributed by atoms with Crippen LogP contribution in [0.2, 0.25) is 0 Å². The largest absolute Gasteiger partial charge is 0.506 e. The van der Waals surface area contributed by atoms with Crippen molar-refractivity contribution in [3.05, 3.63) is 59.2 Å². The molecule has 1 N–H and O–H groups in total. The normalized spacial score (nSPS) is 17.7. The maximum atomic E-state index is 13.2. The number of benzene rings is 2. The van der Waals surface area contributed by atoms with Crippen molar-refractivity contribution >= 4 is 17.4 Å². The third kappa shape index (κ3) is 4.15. The Bertz CT molecular complexity index is 1020. The highest BCUT2D eigenvalue weighted by molar-refractivity contribution is 6.46. The Morgan fingerprint density at radius 2 is 1.59 bits per heavy atom. The summed E-state index contributed by atoms with van der Waals surface area (Å²) in [5.74, 6) is -0.558. The van der Waals surface area contributed by atoms with E-state index in [1.54, 1.807) is 24.3 Å². The molecule has 1 saturated heterocycles. The molecule has 7 nitrogen and oxygen atoms in total. The quantitative estimate of drug-likeness (QED) is 0.375. The van der Waals surface area contributed by atoms with Crippen molar-refractivity contribution in [1.29, 1.82) is 0 Å². The molecule has 3 rings (SSSR count). The minimum absolute atomic E-state index is 0.0222. The van der Waals surface area contributed by atoms with Gasteiger partial charge in [-0.2, -0.15) is 0 Å². The number of rotatable bonds is 8. The van der Waals surface area contributed by atoms with Gasteiger partial charge < -0.3 is 24.2 Å². The second-order valence-corrected chi connectivity index (χ2v) is 7.73. The molecule has 2 aromatic rings. The number of ketones is 1. The number of hydrogen-bond donors (Lipinski definition) is 1. The fourth-order valence-corrected chi connectivity index (χ4v) is 3.96. The van der Waals surface area contributed by atoms with Crippen LogP contribution in [0.3, 0.4) is 0 Å². The van der Waals surface area contributed by atoms with Crippen LogP contribution >= 0.6 is 0 Å². The molecule has 0 saturated carbocycles. The SMILES string of the molecule is CCCN1C(=O)C(=O)/C(=C(/O)c2c(OC)cccc2OC)C1c1ccccc1OC(C)C. The second-order valence-electron chi connectivity index (χ2n) is 7.73. The Labute approximate surface area is 188 Å². The highest BCUT2D eigenvalue weighted by Gasteiger charge is 2.47. The molecule has 7 heteroatoms. The first-order valence-electron chi connectivity index (χ1n) is 10.6. The average molecular weight is 440 g/mol. The van der Waals surface area contributed by atoms with Crippen molar-refractivity contribution in [2.75, 3.05) is 20.8 Å². The van der Waals surface area contributed by atoms with Crippen molar-refractivity contribution < 1.29 is 28.9 Å². The highest BCUT2D eigenvalue weighted by atomic mass is 16.5. The van der Waals surface area contributed by atoms with Crippen LogP contribution in [-0.4, -0.2) is 48.6 Å². The number of hydrogen-bond acceptors (Lipinski definition) is 6. The van der Waals surface area contributed by atoms with E-state index in [-0.39, 0.29) is 23.0 Å². The number of para-hydroxylation sites is 1. The predicted molar refractivity (Wildman–Crippen MR) is 121 cm³/mol. The molecule has 1 unspecified atom stereocenters. The molecule has 32 heavy (non-hydrogen) atoms. The van der Waals surface area contributed by atoms with Crippen LogP contribution in [0.5, 0.6) is 17.2 Å². The standard InChI is InChI=1S/C25H29NO6/c1-6-14-26-22(16-10-7-8-11-17(16)32-15(2)3)21(24(28)25(26)29)23(27)20-18(30-4)12-9-13-19(20)31-5/h7-13,15,22,27H,6,14H2,1-5H3/b23-21+. The van der Waals surface area contributed by atoms with Crippen LogP contribution in [0.1, 0.15) is 44.4 Å². The van der Waals surface area contributed by atoms with E-state index in [2.05, 4.69) is 0 Å². The van der Waals surface area contributed by atoms with Crippen LogP contribution in [0.15, 0.2) is 48.0 Å². The number of nitrogens with zero attached hydrogens (tertiary/aromatic N) is 1. The van der Waals surface area contributed by atoms with Gasteiger partial charge in [0.25, 0.3) is 11.7 Å². The van der Waals surface area contributed by atoms with Crippen LogP contribution < -0.4 is 14.2 Å².